The summed E-state index contributed by atoms with van der Waals surface area (Å²) < 4.78 is 11.2. The van der Waals surface area contributed by atoms with Crippen LogP contribution in [0.4, 0.5) is 0 Å². The maximum atomic E-state index is 12.6. The molecule has 0 heterocycles. The number of carboxylic acids is 1. The fourth-order valence-corrected chi connectivity index (χ4v) is 2.40. The number of carbonyl (C=O) groups is 2. The van der Waals surface area contributed by atoms with Gasteiger partial charge in [0, 0.05) is 0 Å². The number of rotatable bonds is 6. The van der Waals surface area contributed by atoms with Crippen LogP contribution < -0.4 is 4.74 Å². The third-order valence-electron chi connectivity index (χ3n) is 3.62. The quantitative estimate of drug-likeness (QED) is 0.600. The minimum Gasteiger partial charge on any atom is -0.489 e. The lowest BCUT2D eigenvalue weighted by molar-refractivity contribution is -0.150. The predicted octanol–water partition coefficient (Wildman–Crippen LogP) is 4.50. The third kappa shape index (κ3) is 6.29. The smallest absolute Gasteiger partial charge is 0.338 e. The van der Waals surface area contributed by atoms with Gasteiger partial charge in [-0.1, -0.05) is 30.3 Å². The second-order valence-corrected chi connectivity index (χ2v) is 7.15. The molecule has 0 saturated carbocycles. The van der Waals surface area contributed by atoms with E-state index in [1.165, 1.54) is 6.07 Å². The number of aromatic carboxylic acids is 1. The van der Waals surface area contributed by atoms with Crippen LogP contribution in [0.2, 0.25) is 0 Å². The Bertz CT molecular complexity index is 845. The second-order valence-electron chi connectivity index (χ2n) is 7.15. The predicted molar refractivity (Wildman–Crippen MR) is 104 cm³/mol. The van der Waals surface area contributed by atoms with E-state index >= 15 is 0 Å². The van der Waals surface area contributed by atoms with Gasteiger partial charge in [-0.05, 0) is 63.1 Å². The zero-order valence-corrected chi connectivity index (χ0v) is 16.0. The van der Waals surface area contributed by atoms with Crippen LogP contribution in [0.5, 0.6) is 5.75 Å². The number of carbonyl (C=O) groups excluding carboxylic acids is 1. The van der Waals surface area contributed by atoms with Gasteiger partial charge in [-0.25, -0.2) is 9.59 Å². The molecule has 0 atom stereocenters. The number of hydrogen-bond donors (Lipinski definition) is 1. The van der Waals surface area contributed by atoms with Crippen molar-refractivity contribution in [3.05, 3.63) is 70.8 Å². The first-order chi connectivity index (χ1) is 12.7. The third-order valence-corrected chi connectivity index (χ3v) is 3.62. The van der Waals surface area contributed by atoms with Gasteiger partial charge >= 0.3 is 11.9 Å². The molecular formula is C22H24O5. The van der Waals surface area contributed by atoms with E-state index in [4.69, 9.17) is 14.6 Å². The Hall–Kier alpha value is -3.08. The number of carboxylic acid groups (broad SMARTS) is 1. The van der Waals surface area contributed by atoms with Gasteiger partial charge in [0.25, 0.3) is 0 Å². The van der Waals surface area contributed by atoms with Gasteiger partial charge in [0.2, 0.25) is 0 Å². The number of ether oxygens (including phenoxy) is 2. The highest BCUT2D eigenvalue weighted by molar-refractivity contribution is 5.95. The number of benzene rings is 2. The van der Waals surface area contributed by atoms with Crippen molar-refractivity contribution in [2.75, 3.05) is 6.61 Å². The summed E-state index contributed by atoms with van der Waals surface area (Å²) in [6, 6.07) is 14.1. The van der Waals surface area contributed by atoms with Gasteiger partial charge in [-0.15, -0.1) is 0 Å². The van der Waals surface area contributed by atoms with Crippen LogP contribution in [0.1, 0.15) is 42.3 Å². The Morgan fingerprint density at radius 3 is 2.30 bits per heavy atom. The van der Waals surface area contributed by atoms with Gasteiger partial charge in [-0.3, -0.25) is 0 Å². The van der Waals surface area contributed by atoms with Crippen molar-refractivity contribution in [2.24, 2.45) is 0 Å². The average molecular weight is 368 g/mol. The summed E-state index contributed by atoms with van der Waals surface area (Å²) >= 11 is 0. The Morgan fingerprint density at radius 1 is 1.07 bits per heavy atom. The lowest BCUT2D eigenvalue weighted by Crippen LogP contribution is -2.26. The molecule has 27 heavy (non-hydrogen) atoms. The van der Waals surface area contributed by atoms with Gasteiger partial charge in [0.05, 0.1) is 11.1 Å². The summed E-state index contributed by atoms with van der Waals surface area (Å²) in [5.41, 5.74) is 1.26. The largest absolute Gasteiger partial charge is 0.489 e. The molecule has 0 aliphatic heterocycles. The van der Waals surface area contributed by atoms with Gasteiger partial charge < -0.3 is 14.6 Å². The van der Waals surface area contributed by atoms with E-state index in [1.54, 1.807) is 58.0 Å². The number of aryl methyl sites for hydroxylation is 1. The summed E-state index contributed by atoms with van der Waals surface area (Å²) in [6.45, 7) is 7.15. The monoisotopic (exact) mass is 368 g/mol. The Labute approximate surface area is 159 Å². The first-order valence-corrected chi connectivity index (χ1v) is 8.61. The van der Waals surface area contributed by atoms with Gasteiger partial charge in [-0.2, -0.15) is 0 Å². The molecule has 0 saturated heterocycles. The Morgan fingerprint density at radius 2 is 1.74 bits per heavy atom. The topological polar surface area (TPSA) is 72.8 Å². The first kappa shape index (κ1) is 20.2. The molecule has 2 rings (SSSR count). The molecule has 0 radical (unpaired) electrons. The van der Waals surface area contributed by atoms with E-state index < -0.39 is 17.5 Å². The summed E-state index contributed by atoms with van der Waals surface area (Å²) in [5, 5.41) is 9.16. The summed E-state index contributed by atoms with van der Waals surface area (Å²) in [6.07, 6.45) is 1.66. The van der Waals surface area contributed by atoms with E-state index in [2.05, 4.69) is 0 Å². The second kappa shape index (κ2) is 8.54. The van der Waals surface area contributed by atoms with Crippen LogP contribution in [0.25, 0.3) is 6.08 Å². The number of esters is 1. The van der Waals surface area contributed by atoms with Crippen molar-refractivity contribution in [1.29, 1.82) is 0 Å². The minimum atomic E-state index is -0.984. The molecule has 5 heteroatoms. The van der Waals surface area contributed by atoms with E-state index in [0.29, 0.717) is 22.4 Å². The van der Waals surface area contributed by atoms with Crippen LogP contribution in [-0.4, -0.2) is 29.3 Å². The first-order valence-electron chi connectivity index (χ1n) is 8.61. The lowest BCUT2D eigenvalue weighted by Gasteiger charge is -2.21. The fraction of sp³-hybridized carbons (Fsp3) is 0.273. The molecule has 2 aromatic rings. The lowest BCUT2D eigenvalue weighted by atomic mass is 10.0. The van der Waals surface area contributed by atoms with Crippen molar-refractivity contribution in [2.45, 2.75) is 33.3 Å². The molecule has 0 spiro atoms. The molecule has 5 nitrogen and oxygen atoms in total. The molecule has 0 aliphatic carbocycles. The normalized spacial score (nSPS) is 11.8. The molecule has 0 bridgehead atoms. The molecular weight excluding hydrogens is 344 g/mol. The Kier molecular flexibility index (Phi) is 6.40. The minimum absolute atomic E-state index is 0.0403. The van der Waals surface area contributed by atoms with E-state index in [0.717, 1.165) is 0 Å². The molecule has 142 valence electrons. The van der Waals surface area contributed by atoms with Crippen LogP contribution in [0, 0.1) is 6.92 Å². The van der Waals surface area contributed by atoms with Crippen molar-refractivity contribution in [1.82, 2.24) is 0 Å². The molecule has 1 N–H and O–H groups in total. The molecule has 0 fully saturated rings. The van der Waals surface area contributed by atoms with Crippen LogP contribution in [0.15, 0.2) is 54.1 Å². The number of para-hydroxylation sites is 1. The van der Waals surface area contributed by atoms with Crippen molar-refractivity contribution in [3.8, 4) is 5.75 Å². The maximum absolute atomic E-state index is 12.6. The average Bonchev–Trinajstić information content (AvgIpc) is 2.57. The van der Waals surface area contributed by atoms with Gasteiger partial charge in [0.1, 0.15) is 18.0 Å². The standard InChI is InChI=1S/C22H24O5/c1-15-12-16(10-11-19(15)20(23)24)13-17(21(25)27-22(2,3)4)14-26-18-8-6-5-7-9-18/h5-13H,14H2,1-4H3,(H,23,24)/b17-13+. The number of hydrogen-bond acceptors (Lipinski definition) is 4. The van der Waals surface area contributed by atoms with Crippen LogP contribution in [-0.2, 0) is 9.53 Å². The Balaban J connectivity index is 2.30. The summed E-state index contributed by atoms with van der Waals surface area (Å²) in [5.74, 6) is -0.814. The molecule has 0 aliphatic rings. The summed E-state index contributed by atoms with van der Waals surface area (Å²) in [4.78, 5) is 23.7. The van der Waals surface area contributed by atoms with Crippen LogP contribution in [0.3, 0.4) is 0 Å². The van der Waals surface area contributed by atoms with Crippen LogP contribution >= 0.6 is 0 Å². The fourth-order valence-electron chi connectivity index (χ4n) is 2.40. The zero-order chi connectivity index (χ0) is 20.0. The SMILES string of the molecule is Cc1cc(/C=C(\COc2ccccc2)C(=O)OC(C)(C)C)ccc1C(=O)O. The van der Waals surface area contributed by atoms with Crippen molar-refractivity contribution >= 4 is 18.0 Å². The molecule has 0 aromatic heterocycles. The molecule has 0 unspecified atom stereocenters. The van der Waals surface area contributed by atoms with Crippen molar-refractivity contribution in [3.63, 3.8) is 0 Å². The summed E-state index contributed by atoms with van der Waals surface area (Å²) in [7, 11) is 0. The molecule has 2 aromatic carbocycles. The zero-order valence-electron chi connectivity index (χ0n) is 16.0. The van der Waals surface area contributed by atoms with Crippen molar-refractivity contribution < 1.29 is 24.2 Å². The highest BCUT2D eigenvalue weighted by atomic mass is 16.6. The van der Waals surface area contributed by atoms with E-state index in [9.17, 15) is 9.59 Å². The highest BCUT2D eigenvalue weighted by Gasteiger charge is 2.20. The maximum Gasteiger partial charge on any atom is 0.338 e. The van der Waals surface area contributed by atoms with Gasteiger partial charge in [0.15, 0.2) is 0 Å². The molecule has 0 amide bonds. The highest BCUT2D eigenvalue weighted by Crippen LogP contribution is 2.18. The van der Waals surface area contributed by atoms with E-state index in [-0.39, 0.29) is 12.2 Å². The van der Waals surface area contributed by atoms with E-state index in [1.807, 2.05) is 18.2 Å².